The topological polar surface area (TPSA) is 29.3 Å². The van der Waals surface area contributed by atoms with E-state index in [2.05, 4.69) is 174 Å². The number of furan rings is 1. The zero-order chi connectivity index (χ0) is 31.9. The Balaban J connectivity index is 1.10. The summed E-state index contributed by atoms with van der Waals surface area (Å²) in [5.41, 5.74) is 12.1. The number of benzene rings is 7. The van der Waals surface area contributed by atoms with Crippen LogP contribution in [0.5, 0.6) is 0 Å². The fourth-order valence-electron chi connectivity index (χ4n) is 6.69. The third-order valence-electron chi connectivity index (χ3n) is 9.18. The van der Waals surface area contributed by atoms with Crippen molar-refractivity contribution in [3.8, 4) is 33.4 Å². The van der Waals surface area contributed by atoms with E-state index in [0.29, 0.717) is 0 Å². The third-order valence-corrected chi connectivity index (χ3v) is 9.18. The molecule has 7 aromatic carbocycles. The van der Waals surface area contributed by atoms with Gasteiger partial charge in [-0.05, 0) is 93.4 Å². The average Bonchev–Trinajstić information content (AvgIpc) is 3.56. The molecule has 9 aromatic rings. The van der Waals surface area contributed by atoms with E-state index in [4.69, 9.17) is 4.42 Å². The molecule has 0 amide bonds. The number of pyridine rings is 1. The van der Waals surface area contributed by atoms with Crippen molar-refractivity contribution < 1.29 is 4.42 Å². The number of hydrogen-bond acceptors (Lipinski definition) is 3. The summed E-state index contributed by atoms with van der Waals surface area (Å²) in [5.74, 6) is 0. The van der Waals surface area contributed by atoms with Gasteiger partial charge in [-0.25, -0.2) is 0 Å². The Bertz CT molecular complexity index is 2440. The fraction of sp³-hybridized carbons (Fsp3) is 0. The molecule has 0 unspecified atom stereocenters. The first-order chi connectivity index (χ1) is 23.8. The van der Waals surface area contributed by atoms with Gasteiger partial charge in [0.15, 0.2) is 0 Å². The standard InChI is InChI=1S/C45H30N2O/c1-3-7-31(8-4-1)33-13-20-38(21-14-33)47(39-22-15-34(16-23-39)32-9-5-2-6-10-32)40-24-17-35(18-25-40)37-12-11-36-19-26-41-43-30-46-28-27-44(43)48-45(41)42(36)29-37/h1-30H. The SMILES string of the molecule is c1ccc(-c2ccc(N(c3ccc(-c4ccccc4)cc3)c3ccc(-c4ccc5ccc6c7cnccc7oc6c5c4)cc3)cc2)cc1. The molecular weight excluding hydrogens is 585 g/mol. The highest BCUT2D eigenvalue weighted by molar-refractivity contribution is 6.15. The van der Waals surface area contributed by atoms with Gasteiger partial charge in [-0.2, -0.15) is 0 Å². The molecule has 2 heterocycles. The van der Waals surface area contributed by atoms with Crippen molar-refractivity contribution >= 4 is 49.8 Å². The van der Waals surface area contributed by atoms with Gasteiger partial charge in [0, 0.05) is 45.6 Å². The molecule has 48 heavy (non-hydrogen) atoms. The molecule has 0 radical (unpaired) electrons. The lowest BCUT2D eigenvalue weighted by Gasteiger charge is -2.26. The predicted molar refractivity (Wildman–Crippen MR) is 200 cm³/mol. The first kappa shape index (κ1) is 27.8. The zero-order valence-corrected chi connectivity index (χ0v) is 26.1. The van der Waals surface area contributed by atoms with Crippen LogP contribution in [0, 0.1) is 0 Å². The molecule has 2 aromatic heterocycles. The summed E-state index contributed by atoms with van der Waals surface area (Å²) in [4.78, 5) is 6.64. The molecule has 3 nitrogen and oxygen atoms in total. The molecule has 0 aliphatic heterocycles. The number of fused-ring (bicyclic) bond motifs is 5. The highest BCUT2D eigenvalue weighted by Gasteiger charge is 2.15. The van der Waals surface area contributed by atoms with Crippen LogP contribution in [0.4, 0.5) is 17.1 Å². The Hall–Kier alpha value is -6.45. The zero-order valence-electron chi connectivity index (χ0n) is 26.1. The van der Waals surface area contributed by atoms with Gasteiger partial charge in [-0.1, -0.05) is 115 Å². The van der Waals surface area contributed by atoms with Crippen molar-refractivity contribution in [3.05, 3.63) is 182 Å². The molecule has 0 atom stereocenters. The van der Waals surface area contributed by atoms with E-state index in [1.165, 1.54) is 22.3 Å². The molecule has 226 valence electrons. The largest absolute Gasteiger partial charge is 0.455 e. The van der Waals surface area contributed by atoms with E-state index in [-0.39, 0.29) is 0 Å². The van der Waals surface area contributed by atoms with Crippen molar-refractivity contribution in [1.82, 2.24) is 4.98 Å². The lowest BCUT2D eigenvalue weighted by Crippen LogP contribution is -2.09. The molecule has 9 rings (SSSR count). The number of hydrogen-bond donors (Lipinski definition) is 0. The molecule has 0 saturated heterocycles. The maximum atomic E-state index is 6.33. The highest BCUT2D eigenvalue weighted by Crippen LogP contribution is 2.39. The van der Waals surface area contributed by atoms with Gasteiger partial charge in [0.25, 0.3) is 0 Å². The maximum absolute atomic E-state index is 6.33. The smallest absolute Gasteiger partial charge is 0.143 e. The van der Waals surface area contributed by atoms with E-state index in [0.717, 1.165) is 60.9 Å². The fourth-order valence-corrected chi connectivity index (χ4v) is 6.69. The molecule has 3 heteroatoms. The second kappa shape index (κ2) is 11.7. The Morgan fingerprint density at radius 2 is 0.875 bits per heavy atom. The summed E-state index contributed by atoms with van der Waals surface area (Å²) < 4.78 is 6.33. The predicted octanol–water partition coefficient (Wildman–Crippen LogP) is 12.6. The van der Waals surface area contributed by atoms with Crippen LogP contribution < -0.4 is 4.90 Å². The summed E-state index contributed by atoms with van der Waals surface area (Å²) >= 11 is 0. The molecule has 0 fully saturated rings. The molecule has 0 aliphatic carbocycles. The van der Waals surface area contributed by atoms with Gasteiger partial charge in [0.2, 0.25) is 0 Å². The van der Waals surface area contributed by atoms with Crippen LogP contribution in [-0.4, -0.2) is 4.98 Å². The van der Waals surface area contributed by atoms with Crippen LogP contribution >= 0.6 is 0 Å². The van der Waals surface area contributed by atoms with Crippen molar-refractivity contribution in [1.29, 1.82) is 0 Å². The van der Waals surface area contributed by atoms with E-state index in [1.54, 1.807) is 6.20 Å². The number of nitrogens with zero attached hydrogens (tertiary/aromatic N) is 2. The van der Waals surface area contributed by atoms with Crippen molar-refractivity contribution in [2.24, 2.45) is 0 Å². The van der Waals surface area contributed by atoms with Crippen LogP contribution in [0.2, 0.25) is 0 Å². The van der Waals surface area contributed by atoms with Gasteiger partial charge in [0.05, 0.1) is 0 Å². The summed E-state index contributed by atoms with van der Waals surface area (Å²) in [6.45, 7) is 0. The minimum atomic E-state index is 0.857. The first-order valence-electron chi connectivity index (χ1n) is 16.2. The van der Waals surface area contributed by atoms with Gasteiger partial charge >= 0.3 is 0 Å². The molecule has 0 N–H and O–H groups in total. The third kappa shape index (κ3) is 4.99. The van der Waals surface area contributed by atoms with E-state index >= 15 is 0 Å². The van der Waals surface area contributed by atoms with Crippen LogP contribution in [0.3, 0.4) is 0 Å². The lowest BCUT2D eigenvalue weighted by atomic mass is 9.99. The van der Waals surface area contributed by atoms with Crippen LogP contribution in [0.15, 0.2) is 187 Å². The minimum Gasteiger partial charge on any atom is -0.455 e. The average molecular weight is 615 g/mol. The summed E-state index contributed by atoms with van der Waals surface area (Å²) in [5, 5.41) is 4.38. The monoisotopic (exact) mass is 614 g/mol. The molecule has 0 saturated carbocycles. The van der Waals surface area contributed by atoms with Crippen LogP contribution in [-0.2, 0) is 0 Å². The van der Waals surface area contributed by atoms with Crippen molar-refractivity contribution in [3.63, 3.8) is 0 Å². The highest BCUT2D eigenvalue weighted by atomic mass is 16.3. The minimum absolute atomic E-state index is 0.857. The van der Waals surface area contributed by atoms with Gasteiger partial charge in [-0.15, -0.1) is 0 Å². The Kier molecular flexibility index (Phi) is 6.80. The quantitative estimate of drug-likeness (QED) is 0.187. The van der Waals surface area contributed by atoms with E-state index < -0.39 is 0 Å². The normalized spacial score (nSPS) is 11.3. The number of rotatable bonds is 6. The molecular formula is C45H30N2O. The number of aromatic nitrogens is 1. The second-order valence-corrected chi connectivity index (χ2v) is 12.1. The number of anilines is 3. The van der Waals surface area contributed by atoms with Crippen molar-refractivity contribution in [2.45, 2.75) is 0 Å². The molecule has 0 aliphatic rings. The summed E-state index contributed by atoms with van der Waals surface area (Å²) in [6.07, 6.45) is 3.66. The van der Waals surface area contributed by atoms with Crippen LogP contribution in [0.1, 0.15) is 0 Å². The second-order valence-electron chi connectivity index (χ2n) is 12.1. The lowest BCUT2D eigenvalue weighted by molar-refractivity contribution is 0.672. The van der Waals surface area contributed by atoms with E-state index in [9.17, 15) is 0 Å². The van der Waals surface area contributed by atoms with Gasteiger partial charge < -0.3 is 9.32 Å². The van der Waals surface area contributed by atoms with Crippen molar-refractivity contribution in [2.75, 3.05) is 4.90 Å². The Labute approximate surface area is 279 Å². The molecule has 0 bridgehead atoms. The first-order valence-corrected chi connectivity index (χ1v) is 16.2. The van der Waals surface area contributed by atoms with Gasteiger partial charge in [-0.3, -0.25) is 4.98 Å². The summed E-state index contributed by atoms with van der Waals surface area (Å²) in [7, 11) is 0. The molecule has 0 spiro atoms. The summed E-state index contributed by atoms with van der Waals surface area (Å²) in [6, 6.07) is 60.3. The maximum Gasteiger partial charge on any atom is 0.143 e. The Morgan fingerprint density at radius 3 is 1.44 bits per heavy atom. The Morgan fingerprint density at radius 1 is 0.396 bits per heavy atom. The van der Waals surface area contributed by atoms with E-state index in [1.807, 2.05) is 12.3 Å². The van der Waals surface area contributed by atoms with Crippen LogP contribution in [0.25, 0.3) is 66.1 Å². The van der Waals surface area contributed by atoms with Gasteiger partial charge in [0.1, 0.15) is 11.2 Å².